The minimum atomic E-state index is 0.781. The number of halogens is 2. The third kappa shape index (κ3) is 3.81. The summed E-state index contributed by atoms with van der Waals surface area (Å²) in [6.45, 7) is 1.71. The molecule has 0 aliphatic rings. The highest BCUT2D eigenvalue weighted by molar-refractivity contribution is 9.11. The first-order valence-electron chi connectivity index (χ1n) is 5.14. The van der Waals surface area contributed by atoms with Gasteiger partial charge in [-0.2, -0.15) is 0 Å². The van der Waals surface area contributed by atoms with Crippen LogP contribution in [0.1, 0.15) is 10.4 Å². The van der Waals surface area contributed by atoms with E-state index in [1.165, 1.54) is 14.2 Å². The zero-order valence-electron chi connectivity index (χ0n) is 9.04. The molecule has 2 nitrogen and oxygen atoms in total. The van der Waals surface area contributed by atoms with E-state index in [0.29, 0.717) is 0 Å². The highest BCUT2D eigenvalue weighted by Gasteiger charge is 2.00. The molecule has 1 aromatic carbocycles. The Morgan fingerprint density at radius 3 is 2.59 bits per heavy atom. The summed E-state index contributed by atoms with van der Waals surface area (Å²) in [5.74, 6) is 0. The van der Waals surface area contributed by atoms with Crippen LogP contribution in [0.2, 0.25) is 0 Å². The van der Waals surface area contributed by atoms with Crippen molar-refractivity contribution in [2.75, 3.05) is 5.73 Å². The van der Waals surface area contributed by atoms with E-state index in [-0.39, 0.29) is 0 Å². The van der Waals surface area contributed by atoms with Gasteiger partial charge in [-0.3, -0.25) is 0 Å². The van der Waals surface area contributed by atoms with Gasteiger partial charge in [0.25, 0.3) is 0 Å². The maximum atomic E-state index is 5.83. The molecule has 0 amide bonds. The van der Waals surface area contributed by atoms with E-state index in [0.717, 1.165) is 23.2 Å². The quantitative estimate of drug-likeness (QED) is 0.788. The molecule has 0 fully saturated rings. The number of nitrogens with two attached hydrogens (primary N) is 1. The van der Waals surface area contributed by atoms with Gasteiger partial charge in [0.2, 0.25) is 0 Å². The number of anilines is 1. The SMILES string of the molecule is Nc1cc(CNCc2ccc(Br)s2)ccc1Br. The fourth-order valence-corrected chi connectivity index (χ4v) is 3.18. The number of thiophene rings is 1. The molecule has 1 aromatic heterocycles. The Hall–Kier alpha value is -0.360. The molecule has 17 heavy (non-hydrogen) atoms. The Kier molecular flexibility index (Phi) is 4.62. The first-order valence-corrected chi connectivity index (χ1v) is 7.54. The van der Waals surface area contributed by atoms with Crippen molar-refractivity contribution >= 4 is 48.9 Å². The first kappa shape index (κ1) is 13.1. The summed E-state index contributed by atoms with van der Waals surface area (Å²) in [5.41, 5.74) is 7.80. The summed E-state index contributed by atoms with van der Waals surface area (Å²) in [4.78, 5) is 1.32. The van der Waals surface area contributed by atoms with Gasteiger partial charge in [-0.15, -0.1) is 11.3 Å². The lowest BCUT2D eigenvalue weighted by atomic mass is 10.2. The van der Waals surface area contributed by atoms with Gasteiger partial charge in [0, 0.05) is 28.1 Å². The maximum Gasteiger partial charge on any atom is 0.0701 e. The summed E-state index contributed by atoms with van der Waals surface area (Å²) in [7, 11) is 0. The topological polar surface area (TPSA) is 38.0 Å². The van der Waals surface area contributed by atoms with Crippen LogP contribution >= 0.6 is 43.2 Å². The maximum absolute atomic E-state index is 5.83. The number of hydrogen-bond donors (Lipinski definition) is 2. The Morgan fingerprint density at radius 1 is 1.12 bits per heavy atom. The lowest BCUT2D eigenvalue weighted by Crippen LogP contribution is -2.11. The van der Waals surface area contributed by atoms with E-state index in [1.807, 2.05) is 12.1 Å². The standard InChI is InChI=1S/C12H12Br2N2S/c13-10-3-1-8(5-11(10)15)6-16-7-9-2-4-12(14)17-9/h1-5,16H,6-7,15H2. The minimum Gasteiger partial charge on any atom is -0.398 e. The van der Waals surface area contributed by atoms with Crippen LogP contribution in [-0.4, -0.2) is 0 Å². The Balaban J connectivity index is 1.87. The van der Waals surface area contributed by atoms with E-state index in [2.05, 4.69) is 55.4 Å². The lowest BCUT2D eigenvalue weighted by Gasteiger charge is -2.05. The normalized spacial score (nSPS) is 10.7. The monoisotopic (exact) mass is 374 g/mol. The largest absolute Gasteiger partial charge is 0.398 e. The second-order valence-electron chi connectivity index (χ2n) is 3.67. The van der Waals surface area contributed by atoms with Crippen molar-refractivity contribution in [1.82, 2.24) is 5.32 Å². The van der Waals surface area contributed by atoms with Crippen LogP contribution in [0.4, 0.5) is 5.69 Å². The van der Waals surface area contributed by atoms with Crippen LogP contribution in [-0.2, 0) is 13.1 Å². The van der Waals surface area contributed by atoms with Gasteiger partial charge in [-0.25, -0.2) is 0 Å². The van der Waals surface area contributed by atoms with E-state index in [4.69, 9.17) is 5.73 Å². The Morgan fingerprint density at radius 2 is 1.94 bits per heavy atom. The molecule has 2 rings (SSSR count). The van der Waals surface area contributed by atoms with Crippen LogP contribution < -0.4 is 11.1 Å². The summed E-state index contributed by atoms with van der Waals surface area (Å²) < 4.78 is 2.12. The molecule has 0 atom stereocenters. The van der Waals surface area contributed by atoms with Gasteiger partial charge in [0.1, 0.15) is 0 Å². The molecule has 90 valence electrons. The van der Waals surface area contributed by atoms with Gasteiger partial charge in [-0.1, -0.05) is 6.07 Å². The van der Waals surface area contributed by atoms with Crippen molar-refractivity contribution in [3.63, 3.8) is 0 Å². The summed E-state index contributed by atoms with van der Waals surface area (Å²) in [6.07, 6.45) is 0. The van der Waals surface area contributed by atoms with Crippen molar-refractivity contribution in [1.29, 1.82) is 0 Å². The van der Waals surface area contributed by atoms with Gasteiger partial charge >= 0.3 is 0 Å². The summed E-state index contributed by atoms with van der Waals surface area (Å²) in [5, 5.41) is 3.40. The predicted octanol–water partition coefficient (Wildman–Crippen LogP) is 4.15. The lowest BCUT2D eigenvalue weighted by molar-refractivity contribution is 0.701. The van der Waals surface area contributed by atoms with Crippen LogP contribution in [0.25, 0.3) is 0 Å². The zero-order chi connectivity index (χ0) is 12.3. The number of benzene rings is 1. The number of nitrogens with one attached hydrogen (secondary N) is 1. The van der Waals surface area contributed by atoms with Crippen LogP contribution in [0.5, 0.6) is 0 Å². The second-order valence-corrected chi connectivity index (χ2v) is 7.07. The summed E-state index contributed by atoms with van der Waals surface area (Å²) in [6, 6.07) is 10.2. The van der Waals surface area contributed by atoms with Crippen molar-refractivity contribution < 1.29 is 0 Å². The highest BCUT2D eigenvalue weighted by atomic mass is 79.9. The van der Waals surface area contributed by atoms with Crippen LogP contribution in [0.15, 0.2) is 38.6 Å². The molecule has 5 heteroatoms. The molecule has 0 spiro atoms. The number of nitrogen functional groups attached to an aromatic ring is 1. The molecular weight excluding hydrogens is 364 g/mol. The van der Waals surface area contributed by atoms with Gasteiger partial charge in [0.05, 0.1) is 3.79 Å². The molecule has 0 unspecified atom stereocenters. The van der Waals surface area contributed by atoms with Crippen LogP contribution in [0.3, 0.4) is 0 Å². The molecule has 0 aliphatic carbocycles. The molecular formula is C12H12Br2N2S. The van der Waals surface area contributed by atoms with Gasteiger partial charge in [-0.05, 0) is 61.7 Å². The van der Waals surface area contributed by atoms with Gasteiger partial charge in [0.15, 0.2) is 0 Å². The third-order valence-corrected chi connectivity index (χ3v) is 4.66. The van der Waals surface area contributed by atoms with E-state index < -0.39 is 0 Å². The van der Waals surface area contributed by atoms with Crippen molar-refractivity contribution in [3.05, 3.63) is 49.0 Å². The smallest absolute Gasteiger partial charge is 0.0701 e. The first-order chi connectivity index (χ1) is 8.15. The van der Waals surface area contributed by atoms with Crippen molar-refractivity contribution in [2.24, 2.45) is 0 Å². The van der Waals surface area contributed by atoms with Gasteiger partial charge < -0.3 is 11.1 Å². The fourth-order valence-electron chi connectivity index (χ4n) is 1.48. The minimum absolute atomic E-state index is 0.781. The van der Waals surface area contributed by atoms with E-state index >= 15 is 0 Å². The molecule has 2 aromatic rings. The molecule has 3 N–H and O–H groups in total. The average molecular weight is 376 g/mol. The van der Waals surface area contributed by atoms with E-state index in [1.54, 1.807) is 11.3 Å². The average Bonchev–Trinajstić information content (AvgIpc) is 2.70. The fraction of sp³-hybridized carbons (Fsp3) is 0.167. The Bertz CT molecular complexity index is 511. The number of rotatable bonds is 4. The molecule has 0 bridgehead atoms. The van der Waals surface area contributed by atoms with Crippen molar-refractivity contribution in [3.8, 4) is 0 Å². The van der Waals surface area contributed by atoms with Crippen molar-refractivity contribution in [2.45, 2.75) is 13.1 Å². The Labute approximate surface area is 121 Å². The van der Waals surface area contributed by atoms with Crippen LogP contribution in [0, 0.1) is 0 Å². The predicted molar refractivity (Wildman–Crippen MR) is 81.1 cm³/mol. The zero-order valence-corrected chi connectivity index (χ0v) is 13.0. The third-order valence-electron chi connectivity index (χ3n) is 2.32. The number of hydrogen-bond acceptors (Lipinski definition) is 3. The molecule has 0 aliphatic heterocycles. The second kappa shape index (κ2) is 6.00. The van der Waals surface area contributed by atoms with E-state index in [9.17, 15) is 0 Å². The molecule has 0 saturated carbocycles. The molecule has 0 saturated heterocycles. The summed E-state index contributed by atoms with van der Waals surface area (Å²) >= 11 is 8.59. The highest BCUT2D eigenvalue weighted by Crippen LogP contribution is 2.22. The molecule has 0 radical (unpaired) electrons. The molecule has 1 heterocycles.